The van der Waals surface area contributed by atoms with Crippen LogP contribution in [0, 0.1) is 6.92 Å². The van der Waals surface area contributed by atoms with Gasteiger partial charge in [0.25, 0.3) is 16.0 Å². The molecule has 7 nitrogen and oxygen atoms in total. The Balaban J connectivity index is 2.36. The molecule has 1 aromatic heterocycles. The zero-order chi connectivity index (χ0) is 14.6. The van der Waals surface area contributed by atoms with Crippen molar-refractivity contribution in [1.29, 1.82) is 0 Å². The van der Waals surface area contributed by atoms with Crippen LogP contribution in [0.4, 0.5) is 5.95 Å². The van der Waals surface area contributed by atoms with E-state index in [1.165, 1.54) is 12.4 Å². The second-order valence-corrected chi connectivity index (χ2v) is 5.85. The highest BCUT2D eigenvalue weighted by Crippen LogP contribution is 2.19. The summed E-state index contributed by atoms with van der Waals surface area (Å²) in [7, 11) is -1.93. The van der Waals surface area contributed by atoms with Crippen LogP contribution in [0.25, 0.3) is 0 Å². The molecule has 106 valence electrons. The van der Waals surface area contributed by atoms with Crippen molar-refractivity contribution in [3.8, 4) is 0 Å². The van der Waals surface area contributed by atoms with Gasteiger partial charge in [-0.3, -0.25) is 0 Å². The summed E-state index contributed by atoms with van der Waals surface area (Å²) in [5.41, 5.74) is 1.53. The fourth-order valence-corrected chi connectivity index (χ4v) is 2.96. The summed E-state index contributed by atoms with van der Waals surface area (Å²) in [6, 6.07) is 5.28. The number of hydrogen-bond donors (Lipinski definition) is 2. The molecule has 0 saturated heterocycles. The Kier molecular flexibility index (Phi) is 4.26. The molecule has 0 bridgehead atoms. The molecule has 20 heavy (non-hydrogen) atoms. The zero-order valence-corrected chi connectivity index (χ0v) is 12.0. The van der Waals surface area contributed by atoms with Gasteiger partial charge in [0.05, 0.1) is 17.3 Å². The van der Waals surface area contributed by atoms with Crippen molar-refractivity contribution in [2.45, 2.75) is 18.4 Å². The molecule has 0 amide bonds. The monoisotopic (exact) mass is 293 g/mol. The Morgan fingerprint density at radius 3 is 2.70 bits per heavy atom. The third-order valence-corrected chi connectivity index (χ3v) is 4.10. The molecule has 0 unspecified atom stereocenters. The highest BCUT2D eigenvalue weighted by Gasteiger charge is 2.18. The minimum Gasteiger partial charge on any atom is -0.316 e. The highest BCUT2D eigenvalue weighted by molar-refractivity contribution is 7.92. The number of anilines is 1. The molecule has 0 atom stereocenters. The molecule has 0 aliphatic rings. The lowest BCUT2D eigenvalue weighted by atomic mass is 10.1. The number of sulfonamides is 1. The summed E-state index contributed by atoms with van der Waals surface area (Å²) in [6.07, 6.45) is 2.74. The number of nitrogens with zero attached hydrogens (tertiary/aromatic N) is 3. The summed E-state index contributed by atoms with van der Waals surface area (Å²) in [5.74, 6) is -0.0501. The standard InChI is InChI=1S/C12H15N5O2S/c1-9-3-4-10(8-13-2)7-11(9)20(18,19)17-12-14-5-6-15-16-12/h3-7,13H,8H2,1-2H3,(H,14,16,17). The lowest BCUT2D eigenvalue weighted by Crippen LogP contribution is -2.17. The van der Waals surface area contributed by atoms with Crippen LogP contribution >= 0.6 is 0 Å². The molecule has 2 aromatic rings. The smallest absolute Gasteiger partial charge is 0.264 e. The number of nitrogens with one attached hydrogen (secondary N) is 2. The number of aryl methyl sites for hydroxylation is 1. The predicted octanol–water partition coefficient (Wildman–Crippen LogP) is 0.700. The zero-order valence-electron chi connectivity index (χ0n) is 11.2. The molecule has 0 aliphatic carbocycles. The van der Waals surface area contributed by atoms with Crippen molar-refractivity contribution in [3.05, 3.63) is 41.7 Å². The minimum atomic E-state index is -3.73. The van der Waals surface area contributed by atoms with Crippen LogP contribution in [0.5, 0.6) is 0 Å². The van der Waals surface area contributed by atoms with Crippen LogP contribution < -0.4 is 10.0 Å². The van der Waals surface area contributed by atoms with Crippen LogP contribution in [0.2, 0.25) is 0 Å². The summed E-state index contributed by atoms with van der Waals surface area (Å²) in [6.45, 7) is 2.33. The number of aromatic nitrogens is 3. The van der Waals surface area contributed by atoms with Gasteiger partial charge in [-0.1, -0.05) is 12.1 Å². The number of hydrogen-bond acceptors (Lipinski definition) is 6. The molecule has 1 heterocycles. The van der Waals surface area contributed by atoms with Gasteiger partial charge in [-0.05, 0) is 31.2 Å². The van der Waals surface area contributed by atoms with Gasteiger partial charge >= 0.3 is 0 Å². The number of rotatable bonds is 5. The first-order chi connectivity index (χ1) is 9.53. The molecule has 2 N–H and O–H groups in total. The minimum absolute atomic E-state index is 0.0501. The molecule has 0 aliphatic heterocycles. The summed E-state index contributed by atoms with van der Waals surface area (Å²) in [5, 5.41) is 10.2. The SMILES string of the molecule is CNCc1ccc(C)c(S(=O)(=O)Nc2nccnn2)c1. The fourth-order valence-electron chi connectivity index (χ4n) is 1.72. The third-order valence-electron chi connectivity index (χ3n) is 2.63. The van der Waals surface area contributed by atoms with E-state index in [0.29, 0.717) is 12.1 Å². The van der Waals surface area contributed by atoms with E-state index in [4.69, 9.17) is 0 Å². The van der Waals surface area contributed by atoms with E-state index in [1.807, 2.05) is 6.07 Å². The van der Waals surface area contributed by atoms with Gasteiger partial charge in [0.2, 0.25) is 0 Å². The van der Waals surface area contributed by atoms with E-state index in [9.17, 15) is 8.42 Å². The van der Waals surface area contributed by atoms with Gasteiger partial charge in [-0.25, -0.2) is 18.1 Å². The molecule has 0 radical (unpaired) electrons. The Hall–Kier alpha value is -2.06. The second kappa shape index (κ2) is 5.93. The van der Waals surface area contributed by atoms with Crippen LogP contribution in [0.15, 0.2) is 35.5 Å². The van der Waals surface area contributed by atoms with Gasteiger partial charge in [0, 0.05) is 6.54 Å². The molecule has 8 heteroatoms. The first-order valence-corrected chi connectivity index (χ1v) is 7.42. The van der Waals surface area contributed by atoms with Crippen molar-refractivity contribution in [2.75, 3.05) is 11.8 Å². The van der Waals surface area contributed by atoms with Gasteiger partial charge in [-0.15, -0.1) is 5.10 Å². The normalized spacial score (nSPS) is 11.3. The van der Waals surface area contributed by atoms with E-state index in [1.54, 1.807) is 26.1 Å². The number of benzene rings is 1. The second-order valence-electron chi connectivity index (χ2n) is 4.20. The molecule has 0 spiro atoms. The van der Waals surface area contributed by atoms with Crippen LogP contribution in [0.3, 0.4) is 0 Å². The van der Waals surface area contributed by atoms with E-state index >= 15 is 0 Å². The molecular formula is C12H15N5O2S. The van der Waals surface area contributed by atoms with Crippen LogP contribution in [-0.4, -0.2) is 30.6 Å². The first kappa shape index (κ1) is 14.4. The Morgan fingerprint density at radius 1 is 1.25 bits per heavy atom. The maximum atomic E-state index is 12.3. The topological polar surface area (TPSA) is 96.9 Å². The molecule has 0 fully saturated rings. The van der Waals surface area contributed by atoms with Crippen LogP contribution in [0.1, 0.15) is 11.1 Å². The Morgan fingerprint density at radius 2 is 2.05 bits per heavy atom. The largest absolute Gasteiger partial charge is 0.316 e. The van der Waals surface area contributed by atoms with Crippen molar-refractivity contribution in [3.63, 3.8) is 0 Å². The maximum Gasteiger partial charge on any atom is 0.264 e. The average molecular weight is 293 g/mol. The fraction of sp³-hybridized carbons (Fsp3) is 0.250. The van der Waals surface area contributed by atoms with Gasteiger partial charge in [0.15, 0.2) is 0 Å². The lowest BCUT2D eigenvalue weighted by molar-refractivity contribution is 0.599. The summed E-state index contributed by atoms with van der Waals surface area (Å²) in [4.78, 5) is 4.01. The van der Waals surface area contributed by atoms with E-state index in [2.05, 4.69) is 25.2 Å². The van der Waals surface area contributed by atoms with Crippen molar-refractivity contribution in [1.82, 2.24) is 20.5 Å². The Labute approximate surface area is 117 Å². The van der Waals surface area contributed by atoms with Gasteiger partial charge < -0.3 is 5.32 Å². The molecule has 1 aromatic carbocycles. The van der Waals surface area contributed by atoms with E-state index in [-0.39, 0.29) is 10.8 Å². The van der Waals surface area contributed by atoms with Gasteiger partial charge in [-0.2, -0.15) is 5.10 Å². The average Bonchev–Trinajstić information content (AvgIpc) is 2.42. The Bertz CT molecular complexity index is 688. The van der Waals surface area contributed by atoms with E-state index < -0.39 is 10.0 Å². The van der Waals surface area contributed by atoms with E-state index in [0.717, 1.165) is 5.56 Å². The quantitative estimate of drug-likeness (QED) is 0.842. The lowest BCUT2D eigenvalue weighted by Gasteiger charge is -2.10. The highest BCUT2D eigenvalue weighted by atomic mass is 32.2. The summed E-state index contributed by atoms with van der Waals surface area (Å²) < 4.78 is 27.0. The predicted molar refractivity (Wildman–Crippen MR) is 74.6 cm³/mol. The van der Waals surface area contributed by atoms with Crippen molar-refractivity contribution < 1.29 is 8.42 Å². The molecular weight excluding hydrogens is 278 g/mol. The summed E-state index contributed by atoms with van der Waals surface area (Å²) >= 11 is 0. The molecule has 2 rings (SSSR count). The van der Waals surface area contributed by atoms with Gasteiger partial charge in [0.1, 0.15) is 0 Å². The van der Waals surface area contributed by atoms with Crippen LogP contribution in [-0.2, 0) is 16.6 Å². The maximum absolute atomic E-state index is 12.3. The van der Waals surface area contributed by atoms with Crippen molar-refractivity contribution >= 4 is 16.0 Å². The molecule has 0 saturated carbocycles. The van der Waals surface area contributed by atoms with Crippen molar-refractivity contribution in [2.24, 2.45) is 0 Å². The first-order valence-electron chi connectivity index (χ1n) is 5.93. The third kappa shape index (κ3) is 3.28.